The third-order valence-electron chi connectivity index (χ3n) is 11.6. The second-order valence-electron chi connectivity index (χ2n) is 16.0. The van der Waals surface area contributed by atoms with Crippen LogP contribution in [0.4, 0.5) is 0 Å². The molecule has 65 heavy (non-hydrogen) atoms. The maximum Gasteiger partial charge on any atom is 0.159 e. The third kappa shape index (κ3) is 9.83. The van der Waals surface area contributed by atoms with E-state index in [9.17, 15) is 0 Å². The Morgan fingerprint density at radius 2 is 0.800 bits per heavy atom. The SMILES string of the molecule is c1ccc(-c2ccc(CCc3cc(CCc4ccc(-c5ccccn5)cc4)cc(-c4ccccc4-c4ccc(-c5ncccn5)cc4Oc4cccc(-c5ccccn5)c4)c3)cc2)nc1. The first kappa shape index (κ1) is 40.7. The molecule has 312 valence electrons. The van der Waals surface area contributed by atoms with Crippen LogP contribution < -0.4 is 4.74 Å². The minimum Gasteiger partial charge on any atom is -0.457 e. The van der Waals surface area contributed by atoms with Gasteiger partial charge in [-0.2, -0.15) is 0 Å². The van der Waals surface area contributed by atoms with E-state index in [-0.39, 0.29) is 0 Å². The second-order valence-corrected chi connectivity index (χ2v) is 16.0. The number of benzene rings is 6. The van der Waals surface area contributed by atoms with E-state index in [0.29, 0.717) is 17.3 Å². The maximum absolute atomic E-state index is 6.88. The van der Waals surface area contributed by atoms with E-state index < -0.39 is 0 Å². The van der Waals surface area contributed by atoms with E-state index in [0.717, 1.165) is 81.7 Å². The first-order valence-electron chi connectivity index (χ1n) is 22.0. The lowest BCUT2D eigenvalue weighted by Crippen LogP contribution is -1.98. The molecule has 0 N–H and O–H groups in total. The van der Waals surface area contributed by atoms with Crippen LogP contribution in [-0.2, 0) is 25.7 Å². The monoisotopic (exact) mass is 839 g/mol. The highest BCUT2D eigenvalue weighted by Crippen LogP contribution is 2.42. The van der Waals surface area contributed by atoms with Gasteiger partial charge in [-0.3, -0.25) is 15.0 Å². The summed E-state index contributed by atoms with van der Waals surface area (Å²) in [6.07, 6.45) is 12.7. The standard InChI is InChI=1S/C59H45N5O/c1-2-14-53(54-31-30-49(59-63-35-10-36-64-59)41-58(54)65-51-12-9-11-48(40-51)57-17-5-8-34-62-57)52(13-1)50-38-44(20-18-42-22-26-46(27-23-42)55-15-3-6-32-60-55)37-45(39-50)21-19-43-24-28-47(29-25-43)56-16-4-7-33-61-56/h1-17,22-41H,18-21H2. The van der Waals surface area contributed by atoms with Crippen molar-refractivity contribution < 1.29 is 4.74 Å². The molecule has 0 aliphatic heterocycles. The van der Waals surface area contributed by atoms with Crippen LogP contribution in [0, 0.1) is 0 Å². The van der Waals surface area contributed by atoms with Crippen molar-refractivity contribution in [2.45, 2.75) is 25.7 Å². The first-order chi connectivity index (χ1) is 32.2. The molecule has 4 heterocycles. The Labute approximate surface area is 380 Å². The van der Waals surface area contributed by atoms with Crippen LogP contribution >= 0.6 is 0 Å². The molecule has 0 bridgehead atoms. The highest BCUT2D eigenvalue weighted by Gasteiger charge is 2.17. The smallest absolute Gasteiger partial charge is 0.159 e. The Morgan fingerprint density at radius 3 is 1.37 bits per heavy atom. The average Bonchev–Trinajstić information content (AvgIpc) is 3.39. The number of hydrogen-bond acceptors (Lipinski definition) is 6. The van der Waals surface area contributed by atoms with E-state index in [1.807, 2.05) is 85.3 Å². The summed E-state index contributed by atoms with van der Waals surface area (Å²) in [6, 6.07) is 67.6. The third-order valence-corrected chi connectivity index (χ3v) is 11.6. The van der Waals surface area contributed by atoms with Gasteiger partial charge >= 0.3 is 0 Å². The number of hydrogen-bond donors (Lipinski definition) is 0. The largest absolute Gasteiger partial charge is 0.457 e. The molecule has 0 radical (unpaired) electrons. The van der Waals surface area contributed by atoms with Crippen LogP contribution in [-0.4, -0.2) is 24.9 Å². The van der Waals surface area contributed by atoms with E-state index >= 15 is 0 Å². The number of pyridine rings is 3. The minimum absolute atomic E-state index is 0.634. The van der Waals surface area contributed by atoms with Crippen molar-refractivity contribution >= 4 is 0 Å². The molecular weight excluding hydrogens is 795 g/mol. The molecular formula is C59H45N5O. The molecule has 10 aromatic rings. The number of rotatable bonds is 14. The normalized spacial score (nSPS) is 11.0. The first-order valence-corrected chi connectivity index (χ1v) is 22.0. The highest BCUT2D eigenvalue weighted by atomic mass is 16.5. The van der Waals surface area contributed by atoms with Gasteiger partial charge in [0.2, 0.25) is 0 Å². The van der Waals surface area contributed by atoms with Crippen LogP contribution in [0.2, 0.25) is 0 Å². The summed E-state index contributed by atoms with van der Waals surface area (Å²) in [5, 5.41) is 0. The van der Waals surface area contributed by atoms with Gasteiger partial charge in [0.05, 0.1) is 17.1 Å². The molecule has 6 heteroatoms. The fraction of sp³-hybridized carbons (Fsp3) is 0.0678. The summed E-state index contributed by atoms with van der Waals surface area (Å²) in [5.41, 5.74) is 16.5. The molecule has 0 saturated carbocycles. The molecule has 0 spiro atoms. The van der Waals surface area contributed by atoms with Gasteiger partial charge in [0.15, 0.2) is 5.82 Å². The molecule has 0 fully saturated rings. The number of nitrogens with zero attached hydrogens (tertiary/aromatic N) is 5. The second kappa shape index (κ2) is 19.4. The Kier molecular flexibility index (Phi) is 12.1. The predicted octanol–water partition coefficient (Wildman–Crippen LogP) is 14.0. The van der Waals surface area contributed by atoms with Crippen molar-refractivity contribution in [3.05, 3.63) is 247 Å². The molecule has 0 aliphatic carbocycles. The lowest BCUT2D eigenvalue weighted by Gasteiger charge is -2.18. The average molecular weight is 840 g/mol. The Morgan fingerprint density at radius 1 is 0.292 bits per heavy atom. The van der Waals surface area contributed by atoms with Crippen molar-refractivity contribution in [3.63, 3.8) is 0 Å². The van der Waals surface area contributed by atoms with Gasteiger partial charge in [0.25, 0.3) is 0 Å². The van der Waals surface area contributed by atoms with Crippen LogP contribution in [0.1, 0.15) is 22.3 Å². The highest BCUT2D eigenvalue weighted by molar-refractivity contribution is 5.88. The predicted molar refractivity (Wildman–Crippen MR) is 262 cm³/mol. The summed E-state index contributed by atoms with van der Waals surface area (Å²) in [7, 11) is 0. The van der Waals surface area contributed by atoms with Crippen molar-refractivity contribution in [2.24, 2.45) is 0 Å². The summed E-state index contributed by atoms with van der Waals surface area (Å²) < 4.78 is 6.88. The van der Waals surface area contributed by atoms with E-state index in [1.54, 1.807) is 12.4 Å². The van der Waals surface area contributed by atoms with Gasteiger partial charge < -0.3 is 4.74 Å². The number of aryl methyl sites for hydroxylation is 4. The van der Waals surface area contributed by atoms with Crippen LogP contribution in [0.3, 0.4) is 0 Å². The van der Waals surface area contributed by atoms with Crippen molar-refractivity contribution in [1.82, 2.24) is 24.9 Å². The molecule has 6 nitrogen and oxygen atoms in total. The zero-order chi connectivity index (χ0) is 43.6. The lowest BCUT2D eigenvalue weighted by atomic mass is 9.89. The van der Waals surface area contributed by atoms with Crippen LogP contribution in [0.15, 0.2) is 225 Å². The fourth-order valence-electron chi connectivity index (χ4n) is 8.30. The Hall–Kier alpha value is -8.35. The van der Waals surface area contributed by atoms with Gasteiger partial charge in [-0.1, -0.05) is 127 Å². The topological polar surface area (TPSA) is 73.7 Å². The molecule has 0 unspecified atom stereocenters. The van der Waals surface area contributed by atoms with Gasteiger partial charge in [-0.05, 0) is 131 Å². The summed E-state index contributed by atoms with van der Waals surface area (Å²) in [4.78, 5) is 22.8. The molecule has 0 saturated heterocycles. The molecule has 4 aromatic heterocycles. The summed E-state index contributed by atoms with van der Waals surface area (Å²) >= 11 is 0. The van der Waals surface area contributed by atoms with Gasteiger partial charge in [-0.25, -0.2) is 9.97 Å². The zero-order valence-electron chi connectivity index (χ0n) is 35.8. The van der Waals surface area contributed by atoms with Gasteiger partial charge in [-0.15, -0.1) is 0 Å². The lowest BCUT2D eigenvalue weighted by molar-refractivity contribution is 0.485. The van der Waals surface area contributed by atoms with E-state index in [1.165, 1.54) is 27.8 Å². The molecule has 6 aromatic carbocycles. The van der Waals surface area contributed by atoms with E-state index in [2.05, 4.69) is 152 Å². The van der Waals surface area contributed by atoms with Crippen molar-refractivity contribution in [2.75, 3.05) is 0 Å². The molecule has 0 aliphatic rings. The van der Waals surface area contributed by atoms with E-state index in [4.69, 9.17) is 4.74 Å². The number of ether oxygens (including phenoxy) is 1. The summed E-state index contributed by atoms with van der Waals surface area (Å²) in [6.45, 7) is 0. The molecule has 0 amide bonds. The Bertz CT molecular complexity index is 3040. The summed E-state index contributed by atoms with van der Waals surface area (Å²) in [5.74, 6) is 2.05. The zero-order valence-corrected chi connectivity index (χ0v) is 35.8. The van der Waals surface area contributed by atoms with Gasteiger partial charge in [0, 0.05) is 58.8 Å². The van der Waals surface area contributed by atoms with Crippen LogP contribution in [0.25, 0.3) is 67.4 Å². The molecule has 0 atom stereocenters. The quantitative estimate of drug-likeness (QED) is 0.109. The van der Waals surface area contributed by atoms with Crippen molar-refractivity contribution in [3.8, 4) is 78.9 Å². The number of aromatic nitrogens is 5. The Balaban J connectivity index is 1.00. The minimum atomic E-state index is 0.634. The maximum atomic E-state index is 6.88. The fourth-order valence-corrected chi connectivity index (χ4v) is 8.30. The van der Waals surface area contributed by atoms with Crippen molar-refractivity contribution in [1.29, 1.82) is 0 Å². The van der Waals surface area contributed by atoms with Crippen LogP contribution in [0.5, 0.6) is 11.5 Å². The van der Waals surface area contributed by atoms with Gasteiger partial charge in [0.1, 0.15) is 11.5 Å². The molecule has 10 rings (SSSR count).